The Morgan fingerprint density at radius 2 is 1.72 bits per heavy atom. The molecule has 6 nitrogen and oxygen atoms in total. The third-order valence-electron chi connectivity index (χ3n) is 5.58. The van der Waals surface area contributed by atoms with E-state index in [-0.39, 0.29) is 16.8 Å². The van der Waals surface area contributed by atoms with E-state index in [9.17, 15) is 13.2 Å². The molecular formula is C22H27N3O3S. The third-order valence-corrected chi connectivity index (χ3v) is 7.10. The van der Waals surface area contributed by atoms with E-state index in [2.05, 4.69) is 34.7 Å². The topological polar surface area (TPSA) is 69.7 Å². The van der Waals surface area contributed by atoms with Gasteiger partial charge in [-0.1, -0.05) is 18.2 Å². The lowest BCUT2D eigenvalue weighted by molar-refractivity contribution is 0.0746. The molecule has 2 aromatic rings. The largest absolute Gasteiger partial charge is 0.368 e. The highest BCUT2D eigenvalue weighted by molar-refractivity contribution is 7.89. The van der Waals surface area contributed by atoms with E-state index in [0.29, 0.717) is 18.7 Å². The fraction of sp³-hybridized carbons (Fsp3) is 0.409. The van der Waals surface area contributed by atoms with Gasteiger partial charge in [0.15, 0.2) is 0 Å². The van der Waals surface area contributed by atoms with Crippen LogP contribution >= 0.6 is 0 Å². The molecule has 29 heavy (non-hydrogen) atoms. The molecule has 1 N–H and O–H groups in total. The van der Waals surface area contributed by atoms with Crippen molar-refractivity contribution in [3.8, 4) is 0 Å². The van der Waals surface area contributed by atoms with Crippen LogP contribution in [0.4, 0.5) is 5.69 Å². The van der Waals surface area contributed by atoms with Crippen molar-refractivity contribution in [1.82, 2.24) is 9.62 Å². The van der Waals surface area contributed by atoms with E-state index >= 15 is 0 Å². The molecule has 0 atom stereocenters. The van der Waals surface area contributed by atoms with Gasteiger partial charge in [-0.15, -0.1) is 0 Å². The fourth-order valence-electron chi connectivity index (χ4n) is 3.65. The van der Waals surface area contributed by atoms with Gasteiger partial charge in [0, 0.05) is 43.5 Å². The quantitative estimate of drug-likeness (QED) is 0.818. The summed E-state index contributed by atoms with van der Waals surface area (Å²) >= 11 is 0. The van der Waals surface area contributed by atoms with E-state index in [1.54, 1.807) is 12.1 Å². The summed E-state index contributed by atoms with van der Waals surface area (Å²) < 4.78 is 27.7. The number of anilines is 1. The van der Waals surface area contributed by atoms with Crippen molar-refractivity contribution in [2.75, 3.05) is 31.1 Å². The average Bonchev–Trinajstić information content (AvgIpc) is 3.51. The standard InChI is InChI=1S/C22H27N3O3S/c1-16-4-3-5-19(14-16)24-10-12-25(13-11-24)22(26)21-15-20(9-6-17(21)2)29(27,28)23-18-7-8-18/h3-6,9,14-15,18,23H,7-8,10-13H2,1-2H3. The van der Waals surface area contributed by atoms with Crippen LogP contribution in [0.5, 0.6) is 0 Å². The second kappa shape index (κ2) is 7.80. The van der Waals surface area contributed by atoms with Gasteiger partial charge in [-0.3, -0.25) is 4.79 Å². The lowest BCUT2D eigenvalue weighted by Crippen LogP contribution is -2.49. The van der Waals surface area contributed by atoms with Crippen LogP contribution in [-0.2, 0) is 10.0 Å². The Hall–Kier alpha value is -2.38. The number of piperazine rings is 1. The summed E-state index contributed by atoms with van der Waals surface area (Å²) in [7, 11) is -3.58. The lowest BCUT2D eigenvalue weighted by atomic mass is 10.1. The molecule has 1 aliphatic heterocycles. The molecule has 2 aromatic carbocycles. The zero-order valence-corrected chi connectivity index (χ0v) is 17.7. The number of hydrogen-bond donors (Lipinski definition) is 1. The van der Waals surface area contributed by atoms with Crippen molar-refractivity contribution >= 4 is 21.6 Å². The molecule has 1 aliphatic carbocycles. The summed E-state index contributed by atoms with van der Waals surface area (Å²) in [6.07, 6.45) is 1.75. The first-order valence-electron chi connectivity index (χ1n) is 10.1. The van der Waals surface area contributed by atoms with Crippen LogP contribution in [0.1, 0.15) is 34.3 Å². The number of carbonyl (C=O) groups is 1. The smallest absolute Gasteiger partial charge is 0.254 e. The molecule has 0 unspecified atom stereocenters. The Morgan fingerprint density at radius 1 is 1.00 bits per heavy atom. The van der Waals surface area contributed by atoms with Crippen LogP contribution in [0.3, 0.4) is 0 Å². The Kier molecular flexibility index (Phi) is 5.36. The SMILES string of the molecule is Cc1cccc(N2CCN(C(=O)c3cc(S(=O)(=O)NC4CC4)ccc3C)CC2)c1. The van der Waals surface area contributed by atoms with Gasteiger partial charge in [0.2, 0.25) is 10.0 Å². The highest BCUT2D eigenvalue weighted by Gasteiger charge is 2.29. The normalized spacial score (nSPS) is 17.4. The van der Waals surface area contributed by atoms with Gasteiger partial charge in [0.25, 0.3) is 5.91 Å². The summed E-state index contributed by atoms with van der Waals surface area (Å²) in [5.41, 5.74) is 3.65. The summed E-state index contributed by atoms with van der Waals surface area (Å²) in [5.74, 6) is -0.102. The molecule has 2 fully saturated rings. The molecule has 0 aromatic heterocycles. The highest BCUT2D eigenvalue weighted by atomic mass is 32.2. The number of rotatable bonds is 5. The molecule has 7 heteroatoms. The van der Waals surface area contributed by atoms with Crippen LogP contribution in [0.15, 0.2) is 47.4 Å². The van der Waals surface area contributed by atoms with Gasteiger partial charge < -0.3 is 9.80 Å². The predicted octanol–water partition coefficient (Wildman–Crippen LogP) is 2.71. The summed E-state index contributed by atoms with van der Waals surface area (Å²) in [5, 5.41) is 0. The van der Waals surface area contributed by atoms with E-state index in [4.69, 9.17) is 0 Å². The van der Waals surface area contributed by atoms with Gasteiger partial charge in [-0.2, -0.15) is 0 Å². The number of amides is 1. The zero-order chi connectivity index (χ0) is 20.6. The summed E-state index contributed by atoms with van der Waals surface area (Å²) in [6, 6.07) is 13.2. The predicted molar refractivity (Wildman–Crippen MR) is 114 cm³/mol. The molecule has 1 saturated heterocycles. The number of aryl methyl sites for hydroxylation is 2. The Labute approximate surface area is 172 Å². The van der Waals surface area contributed by atoms with Crippen LogP contribution in [0, 0.1) is 13.8 Å². The van der Waals surface area contributed by atoms with Gasteiger partial charge in [0.05, 0.1) is 4.90 Å². The zero-order valence-electron chi connectivity index (χ0n) is 16.9. The molecule has 0 spiro atoms. The molecule has 0 bridgehead atoms. The molecule has 2 aliphatic rings. The number of carbonyl (C=O) groups excluding carboxylic acids is 1. The van der Waals surface area contributed by atoms with Crippen molar-refractivity contribution in [3.05, 3.63) is 59.2 Å². The van der Waals surface area contributed by atoms with Crippen LogP contribution in [0.25, 0.3) is 0 Å². The molecule has 4 rings (SSSR count). The van der Waals surface area contributed by atoms with Crippen molar-refractivity contribution in [2.45, 2.75) is 37.6 Å². The maximum atomic E-state index is 13.1. The Morgan fingerprint density at radius 3 is 2.38 bits per heavy atom. The van der Waals surface area contributed by atoms with Gasteiger partial charge in [-0.25, -0.2) is 13.1 Å². The second-order valence-electron chi connectivity index (χ2n) is 7.99. The van der Waals surface area contributed by atoms with Crippen LogP contribution in [-0.4, -0.2) is 51.4 Å². The number of hydrogen-bond acceptors (Lipinski definition) is 4. The van der Waals surface area contributed by atoms with E-state index in [1.165, 1.54) is 17.3 Å². The number of nitrogens with one attached hydrogen (secondary N) is 1. The molecule has 1 heterocycles. The number of benzene rings is 2. The van der Waals surface area contributed by atoms with Gasteiger partial charge in [0.1, 0.15) is 0 Å². The molecule has 0 radical (unpaired) electrons. The van der Waals surface area contributed by atoms with Crippen molar-refractivity contribution in [3.63, 3.8) is 0 Å². The number of nitrogens with zero attached hydrogens (tertiary/aromatic N) is 2. The minimum Gasteiger partial charge on any atom is -0.368 e. The lowest BCUT2D eigenvalue weighted by Gasteiger charge is -2.36. The van der Waals surface area contributed by atoms with E-state index < -0.39 is 10.0 Å². The third kappa shape index (κ3) is 4.46. The average molecular weight is 414 g/mol. The monoisotopic (exact) mass is 413 g/mol. The molecule has 1 amide bonds. The minimum atomic E-state index is -3.58. The van der Waals surface area contributed by atoms with Crippen molar-refractivity contribution in [1.29, 1.82) is 0 Å². The Bertz CT molecular complexity index is 1020. The van der Waals surface area contributed by atoms with Crippen LogP contribution in [0.2, 0.25) is 0 Å². The van der Waals surface area contributed by atoms with E-state index in [0.717, 1.165) is 31.5 Å². The first kappa shape index (κ1) is 19.9. The first-order chi connectivity index (χ1) is 13.8. The summed E-state index contributed by atoms with van der Waals surface area (Å²) in [6.45, 7) is 6.67. The second-order valence-corrected chi connectivity index (χ2v) is 9.70. The van der Waals surface area contributed by atoms with Gasteiger partial charge >= 0.3 is 0 Å². The fourth-order valence-corrected chi connectivity index (χ4v) is 4.98. The van der Waals surface area contributed by atoms with Crippen LogP contribution < -0.4 is 9.62 Å². The highest BCUT2D eigenvalue weighted by Crippen LogP contribution is 2.24. The first-order valence-corrected chi connectivity index (χ1v) is 11.6. The molecule has 1 saturated carbocycles. The number of sulfonamides is 1. The summed E-state index contributed by atoms with van der Waals surface area (Å²) in [4.78, 5) is 17.4. The maximum Gasteiger partial charge on any atom is 0.254 e. The molecular weight excluding hydrogens is 386 g/mol. The maximum absolute atomic E-state index is 13.1. The van der Waals surface area contributed by atoms with Gasteiger partial charge in [-0.05, 0) is 62.1 Å². The van der Waals surface area contributed by atoms with Crippen molar-refractivity contribution < 1.29 is 13.2 Å². The molecule has 154 valence electrons. The Balaban J connectivity index is 1.48. The minimum absolute atomic E-state index is 0.0372. The van der Waals surface area contributed by atoms with E-state index in [1.807, 2.05) is 17.9 Å². The van der Waals surface area contributed by atoms with Crippen molar-refractivity contribution in [2.24, 2.45) is 0 Å².